The van der Waals surface area contributed by atoms with E-state index >= 15 is 0 Å². The molecule has 0 saturated heterocycles. The molecule has 0 unspecified atom stereocenters. The van der Waals surface area contributed by atoms with Crippen LogP contribution in [0.1, 0.15) is 10.5 Å². The van der Waals surface area contributed by atoms with Gasteiger partial charge in [0, 0.05) is 24.7 Å². The van der Waals surface area contributed by atoms with Gasteiger partial charge in [0.15, 0.2) is 20.6 Å². The van der Waals surface area contributed by atoms with Gasteiger partial charge >= 0.3 is 0 Å². The van der Waals surface area contributed by atoms with Crippen LogP contribution in [-0.2, 0) is 9.84 Å². The molecule has 8 nitrogen and oxygen atoms in total. The number of aromatic nitrogens is 4. The van der Waals surface area contributed by atoms with Crippen molar-refractivity contribution >= 4 is 27.4 Å². The van der Waals surface area contributed by atoms with E-state index in [0.717, 1.165) is 6.26 Å². The highest BCUT2D eigenvalue weighted by atomic mass is 32.2. The van der Waals surface area contributed by atoms with Gasteiger partial charge in [-0.1, -0.05) is 18.2 Å². The summed E-state index contributed by atoms with van der Waals surface area (Å²) in [6.45, 7) is 0. The zero-order valence-electron chi connectivity index (χ0n) is 12.6. The largest absolute Gasteiger partial charge is 0.285 e. The highest BCUT2D eigenvalue weighted by Gasteiger charge is 2.25. The molecular weight excluding hydrogens is 330 g/mol. The zero-order valence-corrected chi connectivity index (χ0v) is 13.4. The molecule has 0 saturated carbocycles. The van der Waals surface area contributed by atoms with Crippen LogP contribution in [0.15, 0.2) is 59.9 Å². The Hall–Kier alpha value is -3.07. The van der Waals surface area contributed by atoms with E-state index in [1.165, 1.54) is 23.4 Å². The first-order valence-electron chi connectivity index (χ1n) is 6.89. The van der Waals surface area contributed by atoms with Crippen LogP contribution in [0.3, 0.4) is 0 Å². The second-order valence-corrected chi connectivity index (χ2v) is 6.90. The highest BCUT2D eigenvalue weighted by molar-refractivity contribution is 7.90. The summed E-state index contributed by atoms with van der Waals surface area (Å²) in [6, 6.07) is 11.6. The van der Waals surface area contributed by atoms with Crippen molar-refractivity contribution in [3.8, 4) is 0 Å². The number of sulfone groups is 1. The fourth-order valence-electron chi connectivity index (χ4n) is 2.03. The van der Waals surface area contributed by atoms with Gasteiger partial charge in [0.2, 0.25) is 5.95 Å². The average molecular weight is 343 g/mol. The quantitative estimate of drug-likeness (QED) is 0.770. The molecule has 9 heteroatoms. The van der Waals surface area contributed by atoms with Crippen molar-refractivity contribution in [2.24, 2.45) is 0 Å². The van der Waals surface area contributed by atoms with E-state index in [-0.39, 0.29) is 16.7 Å². The number of carbonyl (C=O) groups excluding carboxylic acids is 1. The van der Waals surface area contributed by atoms with E-state index in [9.17, 15) is 13.2 Å². The zero-order chi connectivity index (χ0) is 17.2. The first-order chi connectivity index (χ1) is 11.5. The standard InChI is InChI=1S/C15H13N5O3S/c1-24(22,23)13-10-12(18-19-13)14(21)20(11-6-3-2-4-7-11)15-16-8-5-9-17-15/h2-10H,1H3,(H,18,19). The first kappa shape index (κ1) is 15.8. The lowest BCUT2D eigenvalue weighted by Crippen LogP contribution is -2.28. The molecular formula is C15H13N5O3S. The molecule has 1 amide bonds. The van der Waals surface area contributed by atoms with Crippen molar-refractivity contribution < 1.29 is 13.2 Å². The molecule has 3 rings (SSSR count). The summed E-state index contributed by atoms with van der Waals surface area (Å²) in [5.41, 5.74) is 0.490. The summed E-state index contributed by atoms with van der Waals surface area (Å²) < 4.78 is 23.1. The van der Waals surface area contributed by atoms with E-state index in [1.807, 2.05) is 6.07 Å². The summed E-state index contributed by atoms with van der Waals surface area (Å²) in [5.74, 6) is -0.379. The maximum Gasteiger partial charge on any atom is 0.285 e. The summed E-state index contributed by atoms with van der Waals surface area (Å²) in [7, 11) is -3.49. The van der Waals surface area contributed by atoms with Crippen LogP contribution in [0, 0.1) is 0 Å². The highest BCUT2D eigenvalue weighted by Crippen LogP contribution is 2.23. The van der Waals surface area contributed by atoms with Crippen molar-refractivity contribution in [3.63, 3.8) is 0 Å². The SMILES string of the molecule is CS(=O)(=O)c1cc(C(=O)N(c2ccccc2)c2ncccn2)n[nH]1. The van der Waals surface area contributed by atoms with Crippen molar-refractivity contribution in [3.05, 3.63) is 60.6 Å². The molecule has 0 radical (unpaired) electrons. The van der Waals surface area contributed by atoms with Gasteiger partial charge in [0.1, 0.15) is 0 Å². The fourth-order valence-corrected chi connectivity index (χ4v) is 2.56. The Morgan fingerprint density at radius 1 is 1.08 bits per heavy atom. The molecule has 0 spiro atoms. The minimum Gasteiger partial charge on any atom is -0.267 e. The number of para-hydroxylation sites is 1. The minimum absolute atomic E-state index is 0.0493. The molecule has 3 aromatic rings. The fraction of sp³-hybridized carbons (Fsp3) is 0.0667. The Morgan fingerprint density at radius 2 is 1.75 bits per heavy atom. The number of hydrogen-bond donors (Lipinski definition) is 1. The Morgan fingerprint density at radius 3 is 2.33 bits per heavy atom. The Kier molecular flexibility index (Phi) is 4.09. The topological polar surface area (TPSA) is 109 Å². The Labute approximate surface area is 138 Å². The van der Waals surface area contributed by atoms with Crippen LogP contribution in [0.2, 0.25) is 0 Å². The lowest BCUT2D eigenvalue weighted by molar-refractivity contribution is 0.0993. The molecule has 0 bridgehead atoms. The average Bonchev–Trinajstić information content (AvgIpc) is 3.07. The number of anilines is 2. The molecule has 122 valence electrons. The van der Waals surface area contributed by atoms with Crippen LogP contribution in [0.5, 0.6) is 0 Å². The molecule has 24 heavy (non-hydrogen) atoms. The van der Waals surface area contributed by atoms with Crippen molar-refractivity contribution in [1.82, 2.24) is 20.2 Å². The van der Waals surface area contributed by atoms with Gasteiger partial charge in [-0.15, -0.1) is 0 Å². The molecule has 2 heterocycles. The predicted octanol–water partition coefficient (Wildman–Crippen LogP) is 1.58. The van der Waals surface area contributed by atoms with Crippen molar-refractivity contribution in [2.45, 2.75) is 5.03 Å². The van der Waals surface area contributed by atoms with Crippen LogP contribution in [0.4, 0.5) is 11.6 Å². The van der Waals surface area contributed by atoms with Gasteiger partial charge in [-0.25, -0.2) is 23.3 Å². The van der Waals surface area contributed by atoms with Crippen LogP contribution >= 0.6 is 0 Å². The second-order valence-electron chi connectivity index (χ2n) is 4.91. The monoisotopic (exact) mass is 343 g/mol. The maximum atomic E-state index is 12.9. The first-order valence-corrected chi connectivity index (χ1v) is 8.78. The Balaban J connectivity index is 2.06. The van der Waals surface area contributed by atoms with E-state index in [4.69, 9.17) is 0 Å². The molecule has 1 N–H and O–H groups in total. The molecule has 0 aliphatic heterocycles. The molecule has 0 aliphatic carbocycles. The second kappa shape index (κ2) is 6.20. The van der Waals surface area contributed by atoms with Gasteiger partial charge in [0.25, 0.3) is 5.91 Å². The normalized spacial score (nSPS) is 11.2. The molecule has 2 aromatic heterocycles. The van der Waals surface area contributed by atoms with Crippen LogP contribution in [-0.4, -0.2) is 40.7 Å². The summed E-state index contributed by atoms with van der Waals surface area (Å²) in [4.78, 5) is 22.3. The van der Waals surface area contributed by atoms with E-state index < -0.39 is 15.7 Å². The number of H-pyrrole nitrogens is 1. The summed E-state index contributed by atoms with van der Waals surface area (Å²) in [6.07, 6.45) is 4.06. The summed E-state index contributed by atoms with van der Waals surface area (Å²) in [5, 5.41) is 6.03. The van der Waals surface area contributed by atoms with E-state index in [2.05, 4.69) is 20.2 Å². The number of amides is 1. The van der Waals surface area contributed by atoms with Gasteiger partial charge < -0.3 is 0 Å². The van der Waals surface area contributed by atoms with Crippen LogP contribution in [0.25, 0.3) is 0 Å². The smallest absolute Gasteiger partial charge is 0.267 e. The number of carbonyl (C=O) groups is 1. The third kappa shape index (κ3) is 3.15. The Bertz CT molecular complexity index is 916. The molecule has 0 fully saturated rings. The summed E-state index contributed by atoms with van der Waals surface area (Å²) >= 11 is 0. The number of aromatic amines is 1. The van der Waals surface area contributed by atoms with Crippen LogP contribution < -0.4 is 4.90 Å². The number of hydrogen-bond acceptors (Lipinski definition) is 6. The van der Waals surface area contributed by atoms with Crippen molar-refractivity contribution in [2.75, 3.05) is 11.2 Å². The predicted molar refractivity (Wildman–Crippen MR) is 86.6 cm³/mol. The number of nitrogens with one attached hydrogen (secondary N) is 1. The van der Waals surface area contributed by atoms with Gasteiger partial charge in [-0.3, -0.25) is 9.89 Å². The van der Waals surface area contributed by atoms with E-state index in [0.29, 0.717) is 5.69 Å². The van der Waals surface area contributed by atoms with Crippen molar-refractivity contribution in [1.29, 1.82) is 0 Å². The molecule has 0 aliphatic rings. The minimum atomic E-state index is -3.49. The maximum absolute atomic E-state index is 12.9. The lowest BCUT2D eigenvalue weighted by atomic mass is 10.2. The number of rotatable bonds is 4. The van der Waals surface area contributed by atoms with Gasteiger partial charge in [-0.05, 0) is 18.2 Å². The third-order valence-corrected chi connectivity index (χ3v) is 4.15. The van der Waals surface area contributed by atoms with E-state index in [1.54, 1.807) is 30.3 Å². The number of benzene rings is 1. The lowest BCUT2D eigenvalue weighted by Gasteiger charge is -2.19. The number of nitrogens with zero attached hydrogens (tertiary/aromatic N) is 4. The molecule has 1 aromatic carbocycles. The molecule has 0 atom stereocenters. The van der Waals surface area contributed by atoms with Gasteiger partial charge in [0.05, 0.1) is 5.69 Å². The third-order valence-electron chi connectivity index (χ3n) is 3.14. The van der Waals surface area contributed by atoms with Gasteiger partial charge in [-0.2, -0.15) is 5.10 Å².